The Morgan fingerprint density at radius 1 is 1.31 bits per heavy atom. The lowest BCUT2D eigenvalue weighted by molar-refractivity contribution is 0.304. The predicted molar refractivity (Wildman–Crippen MR) is 66.0 cm³/mol. The number of nitrogens with zero attached hydrogens (tertiary/aromatic N) is 1. The average molecular weight is 219 g/mol. The van der Waals surface area contributed by atoms with E-state index in [2.05, 4.69) is 42.3 Å². The van der Waals surface area contributed by atoms with Gasteiger partial charge in [0.15, 0.2) is 0 Å². The summed E-state index contributed by atoms with van der Waals surface area (Å²) in [6, 6.07) is 0. The second-order valence-electron chi connectivity index (χ2n) is 3.73. The summed E-state index contributed by atoms with van der Waals surface area (Å²) in [4.78, 5) is 2.61. The van der Waals surface area contributed by atoms with Crippen LogP contribution in [0.15, 0.2) is 0 Å². The first kappa shape index (κ1) is 11.7. The molecule has 0 spiro atoms. The lowest BCUT2D eigenvalue weighted by atomic mass is 10.4. The van der Waals surface area contributed by atoms with Crippen LogP contribution in [0.25, 0.3) is 0 Å². The van der Waals surface area contributed by atoms with E-state index in [9.17, 15) is 0 Å². The fourth-order valence-electron chi connectivity index (χ4n) is 1.43. The summed E-state index contributed by atoms with van der Waals surface area (Å²) >= 11 is 4.18. The summed E-state index contributed by atoms with van der Waals surface area (Å²) < 4.78 is 0. The van der Waals surface area contributed by atoms with Crippen LogP contribution in [0.1, 0.15) is 20.3 Å². The van der Waals surface area contributed by atoms with Crippen molar-refractivity contribution in [3.8, 4) is 0 Å². The SMILES string of the molecule is CC(C)SCCCN1CCSCC1. The zero-order valence-electron chi connectivity index (χ0n) is 8.79. The van der Waals surface area contributed by atoms with E-state index in [0.29, 0.717) is 0 Å². The third-order valence-corrected chi connectivity index (χ3v) is 4.31. The lowest BCUT2D eigenvalue weighted by Gasteiger charge is -2.25. The van der Waals surface area contributed by atoms with Gasteiger partial charge in [-0.15, -0.1) is 0 Å². The molecule has 0 aromatic heterocycles. The molecule has 78 valence electrons. The summed E-state index contributed by atoms with van der Waals surface area (Å²) in [5.74, 6) is 4.02. The number of hydrogen-bond donors (Lipinski definition) is 0. The van der Waals surface area contributed by atoms with Crippen molar-refractivity contribution in [2.75, 3.05) is 36.9 Å². The second kappa shape index (κ2) is 7.02. The van der Waals surface area contributed by atoms with Crippen LogP contribution in [0, 0.1) is 0 Å². The number of thioether (sulfide) groups is 2. The quantitative estimate of drug-likeness (QED) is 0.654. The molecule has 0 amide bonds. The molecule has 0 radical (unpaired) electrons. The topological polar surface area (TPSA) is 3.24 Å². The van der Waals surface area contributed by atoms with Crippen LogP contribution in [-0.4, -0.2) is 47.0 Å². The summed E-state index contributed by atoms with van der Waals surface area (Å²) in [7, 11) is 0. The molecule has 0 unspecified atom stereocenters. The van der Waals surface area contributed by atoms with E-state index in [4.69, 9.17) is 0 Å². The molecule has 0 aliphatic carbocycles. The smallest absolute Gasteiger partial charge is 0.00727 e. The van der Waals surface area contributed by atoms with Crippen LogP contribution < -0.4 is 0 Å². The Morgan fingerprint density at radius 2 is 2.00 bits per heavy atom. The standard InChI is InChI=1S/C10H21NS2/c1-10(2)13-7-3-4-11-5-8-12-9-6-11/h10H,3-9H2,1-2H3. The van der Waals surface area contributed by atoms with Crippen molar-refractivity contribution in [1.82, 2.24) is 4.90 Å². The fraction of sp³-hybridized carbons (Fsp3) is 1.00. The zero-order valence-corrected chi connectivity index (χ0v) is 10.4. The van der Waals surface area contributed by atoms with Gasteiger partial charge in [0.25, 0.3) is 0 Å². The molecule has 1 nitrogen and oxygen atoms in total. The molecule has 0 N–H and O–H groups in total. The second-order valence-corrected chi connectivity index (χ2v) is 6.64. The number of hydrogen-bond acceptors (Lipinski definition) is 3. The first-order chi connectivity index (χ1) is 6.29. The Labute approximate surface area is 91.0 Å². The first-order valence-electron chi connectivity index (χ1n) is 5.21. The molecule has 0 aromatic rings. The van der Waals surface area contributed by atoms with Crippen LogP contribution in [0.4, 0.5) is 0 Å². The van der Waals surface area contributed by atoms with E-state index >= 15 is 0 Å². The highest BCUT2D eigenvalue weighted by atomic mass is 32.2. The largest absolute Gasteiger partial charge is 0.302 e. The molecule has 1 rings (SSSR count). The van der Waals surface area contributed by atoms with Gasteiger partial charge in [0.2, 0.25) is 0 Å². The predicted octanol–water partition coefficient (Wildman–Crippen LogP) is 2.57. The Bertz CT molecular complexity index is 122. The maximum absolute atomic E-state index is 2.61. The van der Waals surface area contributed by atoms with Gasteiger partial charge in [-0.2, -0.15) is 23.5 Å². The molecule has 13 heavy (non-hydrogen) atoms. The van der Waals surface area contributed by atoms with Crippen LogP contribution in [-0.2, 0) is 0 Å². The van der Waals surface area contributed by atoms with Gasteiger partial charge in [0.05, 0.1) is 0 Å². The van der Waals surface area contributed by atoms with E-state index in [1.165, 1.54) is 43.3 Å². The van der Waals surface area contributed by atoms with E-state index in [0.717, 1.165) is 5.25 Å². The van der Waals surface area contributed by atoms with Crippen molar-refractivity contribution in [2.24, 2.45) is 0 Å². The molecule has 3 heteroatoms. The summed E-state index contributed by atoms with van der Waals surface area (Å²) in [5.41, 5.74) is 0. The van der Waals surface area contributed by atoms with E-state index < -0.39 is 0 Å². The molecule has 0 aromatic carbocycles. The maximum Gasteiger partial charge on any atom is 0.00727 e. The van der Waals surface area contributed by atoms with Gasteiger partial charge in [-0.3, -0.25) is 0 Å². The highest BCUT2D eigenvalue weighted by Crippen LogP contribution is 2.13. The minimum absolute atomic E-state index is 0.803. The van der Waals surface area contributed by atoms with Crippen molar-refractivity contribution >= 4 is 23.5 Å². The summed E-state index contributed by atoms with van der Waals surface area (Å²) in [6.45, 7) is 8.51. The zero-order chi connectivity index (χ0) is 9.52. The lowest BCUT2D eigenvalue weighted by Crippen LogP contribution is -2.33. The molecular weight excluding hydrogens is 198 g/mol. The molecule has 0 saturated carbocycles. The first-order valence-corrected chi connectivity index (χ1v) is 7.41. The Kier molecular flexibility index (Phi) is 6.33. The van der Waals surface area contributed by atoms with Crippen LogP contribution in [0.2, 0.25) is 0 Å². The molecule has 1 aliphatic rings. The van der Waals surface area contributed by atoms with Gasteiger partial charge < -0.3 is 4.90 Å². The van der Waals surface area contributed by atoms with Gasteiger partial charge >= 0.3 is 0 Å². The third kappa shape index (κ3) is 5.87. The van der Waals surface area contributed by atoms with Gasteiger partial charge in [-0.1, -0.05) is 13.8 Å². The van der Waals surface area contributed by atoms with Crippen LogP contribution in [0.5, 0.6) is 0 Å². The average Bonchev–Trinajstić information content (AvgIpc) is 2.14. The Morgan fingerprint density at radius 3 is 2.62 bits per heavy atom. The molecule has 1 heterocycles. The van der Waals surface area contributed by atoms with E-state index in [1.54, 1.807) is 0 Å². The summed E-state index contributed by atoms with van der Waals surface area (Å²) in [6.07, 6.45) is 1.37. The van der Waals surface area contributed by atoms with Gasteiger partial charge in [-0.05, 0) is 24.0 Å². The number of rotatable bonds is 5. The third-order valence-electron chi connectivity index (χ3n) is 2.17. The van der Waals surface area contributed by atoms with E-state index in [1.807, 2.05) is 0 Å². The molecule has 1 fully saturated rings. The van der Waals surface area contributed by atoms with Crippen molar-refractivity contribution in [2.45, 2.75) is 25.5 Å². The molecule has 0 atom stereocenters. The van der Waals surface area contributed by atoms with Crippen LogP contribution >= 0.6 is 23.5 Å². The molecular formula is C10H21NS2. The Balaban J connectivity index is 1.92. The normalized spacial score (nSPS) is 19.6. The Hall–Kier alpha value is 0.660. The van der Waals surface area contributed by atoms with Crippen molar-refractivity contribution in [3.05, 3.63) is 0 Å². The molecule has 1 aliphatic heterocycles. The molecule has 1 saturated heterocycles. The minimum atomic E-state index is 0.803. The van der Waals surface area contributed by atoms with Gasteiger partial charge in [0, 0.05) is 24.6 Å². The minimum Gasteiger partial charge on any atom is -0.302 e. The summed E-state index contributed by atoms with van der Waals surface area (Å²) in [5, 5.41) is 0.803. The van der Waals surface area contributed by atoms with Crippen molar-refractivity contribution in [1.29, 1.82) is 0 Å². The van der Waals surface area contributed by atoms with Crippen LogP contribution in [0.3, 0.4) is 0 Å². The van der Waals surface area contributed by atoms with Gasteiger partial charge in [0.1, 0.15) is 0 Å². The highest BCUT2D eigenvalue weighted by Gasteiger charge is 2.09. The maximum atomic E-state index is 2.61. The van der Waals surface area contributed by atoms with E-state index in [-0.39, 0.29) is 0 Å². The van der Waals surface area contributed by atoms with Gasteiger partial charge in [-0.25, -0.2) is 0 Å². The monoisotopic (exact) mass is 219 g/mol. The highest BCUT2D eigenvalue weighted by molar-refractivity contribution is 7.99. The van der Waals surface area contributed by atoms with Crippen molar-refractivity contribution < 1.29 is 0 Å². The molecule has 0 bridgehead atoms. The van der Waals surface area contributed by atoms with Crippen molar-refractivity contribution in [3.63, 3.8) is 0 Å². The fourth-order valence-corrected chi connectivity index (χ4v) is 3.18.